The van der Waals surface area contributed by atoms with Gasteiger partial charge in [-0.25, -0.2) is 4.98 Å². The van der Waals surface area contributed by atoms with E-state index in [2.05, 4.69) is 22.2 Å². The molecule has 1 heterocycles. The van der Waals surface area contributed by atoms with E-state index >= 15 is 0 Å². The molecule has 0 unspecified atom stereocenters. The van der Waals surface area contributed by atoms with Gasteiger partial charge in [-0.2, -0.15) is 0 Å². The topological polar surface area (TPSA) is 101 Å². The van der Waals surface area contributed by atoms with E-state index < -0.39 is 5.91 Å². The first-order chi connectivity index (χ1) is 21.0. The van der Waals surface area contributed by atoms with E-state index in [0.29, 0.717) is 34.1 Å². The van der Waals surface area contributed by atoms with Crippen LogP contribution in [0.4, 0.5) is 5.69 Å². The number of hydrogen-bond donors (Lipinski definition) is 2. The first-order valence-corrected chi connectivity index (χ1v) is 14.5. The molecule has 4 rings (SSSR count). The number of carbonyl (C=O) groups excluding carboxylic acids is 3. The highest BCUT2D eigenvalue weighted by atomic mass is 35.5. The highest BCUT2D eigenvalue weighted by Crippen LogP contribution is 2.35. The number of pyridine rings is 1. The number of halogens is 2. The quantitative estimate of drug-likeness (QED) is 0.145. The molecule has 226 valence electrons. The molecule has 0 aliphatic carbocycles. The average Bonchev–Trinajstić information content (AvgIpc) is 3.01. The minimum absolute atomic E-state index is 0.0595. The van der Waals surface area contributed by atoms with Crippen LogP contribution >= 0.6 is 23.2 Å². The van der Waals surface area contributed by atoms with Crippen LogP contribution in [0.5, 0.6) is 5.75 Å². The second-order valence-electron chi connectivity index (χ2n) is 10.2. The molecule has 0 atom stereocenters. The molecular formula is C34H32Cl2N4O4. The van der Waals surface area contributed by atoms with Crippen molar-refractivity contribution in [3.63, 3.8) is 0 Å². The third-order valence-electron chi connectivity index (χ3n) is 6.66. The Balaban J connectivity index is 1.35. The molecule has 8 nitrogen and oxygen atoms in total. The maximum atomic E-state index is 12.9. The predicted molar refractivity (Wildman–Crippen MR) is 176 cm³/mol. The van der Waals surface area contributed by atoms with Gasteiger partial charge in [0.2, 0.25) is 11.8 Å². The second kappa shape index (κ2) is 14.7. The Kier molecular flexibility index (Phi) is 10.8. The first kappa shape index (κ1) is 32.3. The van der Waals surface area contributed by atoms with Gasteiger partial charge < -0.3 is 20.3 Å². The highest BCUT2D eigenvalue weighted by Gasteiger charge is 2.19. The molecule has 0 bridgehead atoms. The number of hydrogen-bond acceptors (Lipinski definition) is 5. The van der Waals surface area contributed by atoms with Gasteiger partial charge in [-0.1, -0.05) is 65.7 Å². The highest BCUT2D eigenvalue weighted by molar-refractivity contribution is 6.38. The molecule has 44 heavy (non-hydrogen) atoms. The molecule has 3 amide bonds. The van der Waals surface area contributed by atoms with Crippen molar-refractivity contribution in [2.75, 3.05) is 25.0 Å². The summed E-state index contributed by atoms with van der Waals surface area (Å²) in [5.74, 6) is -0.461. The van der Waals surface area contributed by atoms with Gasteiger partial charge in [-0.05, 0) is 61.9 Å². The molecule has 0 radical (unpaired) electrons. The minimum Gasteiger partial charge on any atom is -0.487 e. The third kappa shape index (κ3) is 8.24. The number of nitrogens with zero attached hydrogens (tertiary/aromatic N) is 2. The Labute approximate surface area is 266 Å². The summed E-state index contributed by atoms with van der Waals surface area (Å²) < 4.78 is 6.07. The fraction of sp³-hybridized carbons (Fsp3) is 0.176. The van der Waals surface area contributed by atoms with E-state index in [1.54, 1.807) is 49.5 Å². The lowest BCUT2D eigenvalue weighted by atomic mass is 10.1. The zero-order valence-electron chi connectivity index (χ0n) is 24.6. The van der Waals surface area contributed by atoms with Gasteiger partial charge in [0, 0.05) is 46.9 Å². The number of anilines is 1. The lowest BCUT2D eigenvalue weighted by Crippen LogP contribution is -2.37. The van der Waals surface area contributed by atoms with Crippen LogP contribution in [0.25, 0.3) is 17.0 Å². The molecule has 0 saturated heterocycles. The summed E-state index contributed by atoms with van der Waals surface area (Å²) in [6.45, 7) is 7.70. The Hall–Kier alpha value is -4.66. The molecule has 3 aromatic carbocycles. The van der Waals surface area contributed by atoms with Crippen LogP contribution in [-0.4, -0.2) is 42.8 Å². The molecule has 4 aromatic rings. The Bertz CT molecular complexity index is 1750. The van der Waals surface area contributed by atoms with E-state index in [1.165, 1.54) is 11.0 Å². The van der Waals surface area contributed by atoms with Gasteiger partial charge in [0.05, 0.1) is 17.3 Å². The van der Waals surface area contributed by atoms with Gasteiger partial charge in [-0.15, -0.1) is 0 Å². The van der Waals surface area contributed by atoms with Crippen LogP contribution in [0, 0.1) is 6.92 Å². The third-order valence-corrected chi connectivity index (χ3v) is 7.44. The van der Waals surface area contributed by atoms with Crippen molar-refractivity contribution in [3.8, 4) is 5.75 Å². The SMILES string of the molecule is C=C(C)CNC(=O)c1ccc(C=CC(=O)NCC(=O)N(C)c2ccc(Cl)c(COc3cccc4ccc(C)nc34)c2Cl)cc1. The number of amides is 3. The van der Waals surface area contributed by atoms with Crippen molar-refractivity contribution < 1.29 is 19.1 Å². The number of aryl methyl sites for hydroxylation is 1. The summed E-state index contributed by atoms with van der Waals surface area (Å²) in [6.07, 6.45) is 2.91. The van der Waals surface area contributed by atoms with Crippen LogP contribution < -0.4 is 20.3 Å². The summed E-state index contributed by atoms with van der Waals surface area (Å²) in [4.78, 5) is 43.4. The fourth-order valence-electron chi connectivity index (χ4n) is 4.19. The maximum Gasteiger partial charge on any atom is 0.251 e. The lowest BCUT2D eigenvalue weighted by Gasteiger charge is -2.21. The summed E-state index contributed by atoms with van der Waals surface area (Å²) >= 11 is 13.2. The Morgan fingerprint density at radius 1 is 0.977 bits per heavy atom. The van der Waals surface area contributed by atoms with Crippen LogP contribution in [-0.2, 0) is 16.2 Å². The van der Waals surface area contributed by atoms with Crippen LogP contribution in [0.15, 0.2) is 85.0 Å². The van der Waals surface area contributed by atoms with E-state index in [9.17, 15) is 14.4 Å². The first-order valence-electron chi connectivity index (χ1n) is 13.7. The molecular weight excluding hydrogens is 599 g/mol. The van der Waals surface area contributed by atoms with Crippen molar-refractivity contribution in [1.29, 1.82) is 0 Å². The van der Waals surface area contributed by atoms with Gasteiger partial charge in [-0.3, -0.25) is 14.4 Å². The van der Waals surface area contributed by atoms with Crippen molar-refractivity contribution >= 4 is 63.6 Å². The maximum absolute atomic E-state index is 12.9. The number of nitrogens with one attached hydrogen (secondary N) is 2. The molecule has 0 aliphatic rings. The fourth-order valence-corrected chi connectivity index (χ4v) is 4.79. The number of likely N-dealkylation sites (N-methyl/N-ethyl adjacent to an activating group) is 1. The summed E-state index contributed by atoms with van der Waals surface area (Å²) in [5.41, 5.74) is 4.60. The van der Waals surface area contributed by atoms with E-state index in [-0.39, 0.29) is 30.0 Å². The summed E-state index contributed by atoms with van der Waals surface area (Å²) in [6, 6.07) is 19.6. The number of para-hydroxylation sites is 1. The number of benzene rings is 3. The molecule has 0 saturated carbocycles. The summed E-state index contributed by atoms with van der Waals surface area (Å²) in [5, 5.41) is 6.95. The largest absolute Gasteiger partial charge is 0.487 e. The number of ether oxygens (including phenoxy) is 1. The van der Waals surface area contributed by atoms with Crippen molar-refractivity contribution in [2.24, 2.45) is 0 Å². The van der Waals surface area contributed by atoms with Crippen molar-refractivity contribution in [2.45, 2.75) is 20.5 Å². The Morgan fingerprint density at radius 2 is 1.73 bits per heavy atom. The number of fused-ring (bicyclic) bond motifs is 1. The van der Waals surface area contributed by atoms with E-state index in [4.69, 9.17) is 27.9 Å². The van der Waals surface area contributed by atoms with Crippen molar-refractivity contribution in [3.05, 3.63) is 117 Å². The van der Waals surface area contributed by atoms with Gasteiger partial charge >= 0.3 is 0 Å². The standard InChI is InChI=1S/C34H32Cl2N4O4/c1-21(2)18-38-34(43)25-13-9-23(10-14-25)11-17-30(41)37-19-31(42)40(4)28-16-15-27(35)26(32(28)36)20-44-29-7-5-6-24-12-8-22(3)39-33(24)29/h5-17H,1,18-20H2,2-4H3,(H,37,41)(H,38,43). The normalized spacial score (nSPS) is 10.9. The number of carbonyl (C=O) groups is 3. The molecule has 2 N–H and O–H groups in total. The lowest BCUT2D eigenvalue weighted by molar-refractivity contribution is -0.122. The number of rotatable bonds is 11. The zero-order chi connectivity index (χ0) is 31.8. The van der Waals surface area contributed by atoms with Gasteiger partial charge in [0.15, 0.2) is 0 Å². The number of aromatic nitrogens is 1. The molecule has 0 spiro atoms. The van der Waals surface area contributed by atoms with E-state index in [1.807, 2.05) is 44.2 Å². The molecule has 0 aliphatic heterocycles. The van der Waals surface area contributed by atoms with Gasteiger partial charge in [0.1, 0.15) is 17.9 Å². The van der Waals surface area contributed by atoms with E-state index in [0.717, 1.165) is 27.7 Å². The summed E-state index contributed by atoms with van der Waals surface area (Å²) in [7, 11) is 1.57. The van der Waals surface area contributed by atoms with Crippen LogP contribution in [0.3, 0.4) is 0 Å². The Morgan fingerprint density at radius 3 is 2.45 bits per heavy atom. The molecule has 0 fully saturated rings. The molecule has 1 aromatic heterocycles. The van der Waals surface area contributed by atoms with Crippen LogP contribution in [0.2, 0.25) is 10.0 Å². The molecule has 10 heteroatoms. The monoisotopic (exact) mass is 630 g/mol. The predicted octanol–water partition coefficient (Wildman–Crippen LogP) is 6.53. The van der Waals surface area contributed by atoms with Gasteiger partial charge in [0.25, 0.3) is 5.91 Å². The van der Waals surface area contributed by atoms with Crippen molar-refractivity contribution in [1.82, 2.24) is 15.6 Å². The minimum atomic E-state index is -0.453. The smallest absolute Gasteiger partial charge is 0.251 e. The average molecular weight is 632 g/mol. The second-order valence-corrected chi connectivity index (χ2v) is 11.0. The zero-order valence-corrected chi connectivity index (χ0v) is 26.1. The van der Waals surface area contributed by atoms with Crippen LogP contribution in [0.1, 0.15) is 34.1 Å².